The molecule has 1 nitrogen and oxygen atoms in total. The van der Waals surface area contributed by atoms with Gasteiger partial charge in [-0.15, -0.1) is 0 Å². The van der Waals surface area contributed by atoms with Gasteiger partial charge in [0.15, 0.2) is 0 Å². The van der Waals surface area contributed by atoms with Crippen molar-refractivity contribution >= 4 is 0 Å². The van der Waals surface area contributed by atoms with Crippen LogP contribution >= 0.6 is 0 Å². The lowest BCUT2D eigenvalue weighted by atomic mass is 9.75. The Morgan fingerprint density at radius 3 is 2.50 bits per heavy atom. The summed E-state index contributed by atoms with van der Waals surface area (Å²) in [6, 6.07) is 5.22. The Morgan fingerprint density at radius 2 is 1.93 bits per heavy atom. The normalized spacial score (nSPS) is 28.9. The highest BCUT2D eigenvalue weighted by atomic mass is 19.1. The molecule has 1 aliphatic rings. The molecule has 2 rings (SSSR count). The Morgan fingerprint density at radius 1 is 1.29 bits per heavy atom. The summed E-state index contributed by atoms with van der Waals surface area (Å²) in [5.74, 6) is -0.168. The van der Waals surface area contributed by atoms with Gasteiger partial charge >= 0.3 is 0 Å². The van der Waals surface area contributed by atoms with Gasteiger partial charge in [0.05, 0.1) is 0 Å². The fourth-order valence-electron chi connectivity index (χ4n) is 2.30. The molecule has 76 valence electrons. The zero-order chi connectivity index (χ0) is 10.6. The first-order chi connectivity index (χ1) is 6.36. The summed E-state index contributed by atoms with van der Waals surface area (Å²) in [6.07, 6.45) is 0.854. The van der Waals surface area contributed by atoms with E-state index < -0.39 is 5.54 Å². The van der Waals surface area contributed by atoms with E-state index in [-0.39, 0.29) is 11.2 Å². The molecule has 0 saturated carbocycles. The van der Waals surface area contributed by atoms with E-state index in [4.69, 9.17) is 5.73 Å². The molecule has 0 bridgehead atoms. The average molecular weight is 193 g/mol. The SMILES string of the molecule is CC1(C)Cc2cccc(F)c2C1(C)N. The highest BCUT2D eigenvalue weighted by Gasteiger charge is 2.47. The average Bonchev–Trinajstić information content (AvgIpc) is 2.19. The van der Waals surface area contributed by atoms with Gasteiger partial charge in [0.2, 0.25) is 0 Å². The summed E-state index contributed by atoms with van der Waals surface area (Å²) < 4.78 is 13.6. The zero-order valence-electron chi connectivity index (χ0n) is 8.89. The van der Waals surface area contributed by atoms with Crippen LogP contribution in [0, 0.1) is 11.2 Å². The third-order valence-corrected chi connectivity index (χ3v) is 3.66. The highest BCUT2D eigenvalue weighted by Crippen LogP contribution is 2.48. The largest absolute Gasteiger partial charge is 0.321 e. The number of halogens is 1. The Balaban J connectivity index is 2.68. The maximum absolute atomic E-state index is 13.6. The topological polar surface area (TPSA) is 26.0 Å². The van der Waals surface area contributed by atoms with Crippen molar-refractivity contribution in [1.82, 2.24) is 0 Å². The molecule has 1 aromatic rings. The molecule has 0 amide bonds. The van der Waals surface area contributed by atoms with Crippen molar-refractivity contribution in [3.8, 4) is 0 Å². The van der Waals surface area contributed by atoms with Gasteiger partial charge in [-0.1, -0.05) is 26.0 Å². The van der Waals surface area contributed by atoms with Crippen LogP contribution in [0.25, 0.3) is 0 Å². The van der Waals surface area contributed by atoms with Gasteiger partial charge in [-0.3, -0.25) is 0 Å². The minimum absolute atomic E-state index is 0.0719. The first kappa shape index (κ1) is 9.66. The molecule has 0 saturated heterocycles. The molecular formula is C12H16FN. The number of fused-ring (bicyclic) bond motifs is 1. The third kappa shape index (κ3) is 1.04. The van der Waals surface area contributed by atoms with Gasteiger partial charge in [-0.05, 0) is 30.4 Å². The molecule has 0 heterocycles. The Bertz CT molecular complexity index is 380. The first-order valence-electron chi connectivity index (χ1n) is 4.93. The van der Waals surface area contributed by atoms with E-state index >= 15 is 0 Å². The second-order valence-corrected chi connectivity index (χ2v) is 5.04. The molecule has 0 radical (unpaired) electrons. The van der Waals surface area contributed by atoms with Gasteiger partial charge in [0.25, 0.3) is 0 Å². The number of hydrogen-bond donors (Lipinski definition) is 1. The minimum Gasteiger partial charge on any atom is -0.321 e. The van der Waals surface area contributed by atoms with Crippen LogP contribution in [0.4, 0.5) is 4.39 Å². The van der Waals surface area contributed by atoms with Gasteiger partial charge in [-0.25, -0.2) is 4.39 Å². The lowest BCUT2D eigenvalue weighted by Gasteiger charge is -2.35. The summed E-state index contributed by atoms with van der Waals surface area (Å²) in [5.41, 5.74) is 7.35. The van der Waals surface area contributed by atoms with E-state index in [0.717, 1.165) is 12.0 Å². The molecular weight excluding hydrogens is 177 g/mol. The maximum Gasteiger partial charge on any atom is 0.128 e. The highest BCUT2D eigenvalue weighted by molar-refractivity contribution is 5.42. The molecule has 1 aromatic carbocycles. The van der Waals surface area contributed by atoms with Crippen LogP contribution in [0.3, 0.4) is 0 Å². The molecule has 14 heavy (non-hydrogen) atoms. The smallest absolute Gasteiger partial charge is 0.128 e. The zero-order valence-corrected chi connectivity index (χ0v) is 8.89. The molecule has 1 aliphatic carbocycles. The summed E-state index contributed by atoms with van der Waals surface area (Å²) in [7, 11) is 0. The summed E-state index contributed by atoms with van der Waals surface area (Å²) in [4.78, 5) is 0. The van der Waals surface area contributed by atoms with Crippen LogP contribution < -0.4 is 5.73 Å². The van der Waals surface area contributed by atoms with Gasteiger partial charge < -0.3 is 5.73 Å². The van der Waals surface area contributed by atoms with Crippen LogP contribution in [0.2, 0.25) is 0 Å². The second-order valence-electron chi connectivity index (χ2n) is 5.04. The van der Waals surface area contributed by atoms with E-state index in [1.54, 1.807) is 6.07 Å². The van der Waals surface area contributed by atoms with E-state index in [1.807, 2.05) is 13.0 Å². The van der Waals surface area contributed by atoms with Crippen LogP contribution in [-0.2, 0) is 12.0 Å². The van der Waals surface area contributed by atoms with Crippen LogP contribution in [0.5, 0.6) is 0 Å². The van der Waals surface area contributed by atoms with Crippen molar-refractivity contribution in [3.63, 3.8) is 0 Å². The Kier molecular flexibility index (Phi) is 1.77. The minimum atomic E-state index is -0.562. The number of benzene rings is 1. The van der Waals surface area contributed by atoms with E-state index in [9.17, 15) is 4.39 Å². The van der Waals surface area contributed by atoms with Crippen LogP contribution in [-0.4, -0.2) is 0 Å². The fraction of sp³-hybridized carbons (Fsp3) is 0.500. The quantitative estimate of drug-likeness (QED) is 0.673. The molecule has 0 aliphatic heterocycles. The van der Waals surface area contributed by atoms with Crippen molar-refractivity contribution < 1.29 is 4.39 Å². The van der Waals surface area contributed by atoms with Crippen molar-refractivity contribution in [2.45, 2.75) is 32.7 Å². The van der Waals surface area contributed by atoms with Gasteiger partial charge in [-0.2, -0.15) is 0 Å². The van der Waals surface area contributed by atoms with E-state index in [2.05, 4.69) is 13.8 Å². The molecule has 2 heteroatoms. The van der Waals surface area contributed by atoms with Gasteiger partial charge in [0.1, 0.15) is 5.82 Å². The summed E-state index contributed by atoms with van der Waals surface area (Å²) in [6.45, 7) is 6.10. The Labute approximate surface area is 84.1 Å². The number of rotatable bonds is 0. The summed E-state index contributed by atoms with van der Waals surface area (Å²) in [5, 5.41) is 0. The molecule has 2 N–H and O–H groups in total. The monoisotopic (exact) mass is 193 g/mol. The standard InChI is InChI=1S/C12H16FN/c1-11(2)7-8-5-4-6-9(13)10(8)12(11,3)14/h4-6H,7,14H2,1-3H3. The van der Waals surface area contributed by atoms with E-state index in [0.29, 0.717) is 5.56 Å². The van der Waals surface area contributed by atoms with Crippen molar-refractivity contribution in [2.24, 2.45) is 11.1 Å². The predicted octanol–water partition coefficient (Wildman–Crippen LogP) is 2.58. The fourth-order valence-corrected chi connectivity index (χ4v) is 2.30. The molecule has 0 aromatic heterocycles. The third-order valence-electron chi connectivity index (χ3n) is 3.66. The van der Waals surface area contributed by atoms with Crippen molar-refractivity contribution in [1.29, 1.82) is 0 Å². The van der Waals surface area contributed by atoms with Crippen LogP contribution in [0.1, 0.15) is 31.9 Å². The second kappa shape index (κ2) is 2.57. The number of nitrogens with two attached hydrogens (primary N) is 1. The lowest BCUT2D eigenvalue weighted by Crippen LogP contribution is -2.44. The Hall–Kier alpha value is -0.890. The first-order valence-corrected chi connectivity index (χ1v) is 4.93. The molecule has 1 unspecified atom stereocenters. The number of hydrogen-bond acceptors (Lipinski definition) is 1. The van der Waals surface area contributed by atoms with Crippen molar-refractivity contribution in [2.75, 3.05) is 0 Å². The van der Waals surface area contributed by atoms with Crippen molar-refractivity contribution in [3.05, 3.63) is 35.1 Å². The summed E-state index contributed by atoms with van der Waals surface area (Å²) >= 11 is 0. The maximum atomic E-state index is 13.6. The lowest BCUT2D eigenvalue weighted by molar-refractivity contribution is 0.207. The van der Waals surface area contributed by atoms with E-state index in [1.165, 1.54) is 6.07 Å². The predicted molar refractivity (Wildman–Crippen MR) is 55.4 cm³/mol. The van der Waals surface area contributed by atoms with Gasteiger partial charge in [0, 0.05) is 11.1 Å². The molecule has 0 fully saturated rings. The van der Waals surface area contributed by atoms with Crippen LogP contribution in [0.15, 0.2) is 18.2 Å². The molecule has 1 atom stereocenters. The molecule has 0 spiro atoms.